The Labute approximate surface area is 122 Å². The van der Waals surface area contributed by atoms with Crippen LogP contribution < -0.4 is 14.8 Å². The maximum Gasteiger partial charge on any atom is 0.251 e. The van der Waals surface area contributed by atoms with E-state index in [4.69, 9.17) is 9.47 Å². The first-order valence-corrected chi connectivity index (χ1v) is 6.28. The van der Waals surface area contributed by atoms with Crippen LogP contribution in [0.25, 0.3) is 0 Å². The molecule has 0 bridgehead atoms. The molecule has 110 valence electrons. The first-order chi connectivity index (χ1) is 10.1. The lowest BCUT2D eigenvalue weighted by atomic mass is 10.2. The van der Waals surface area contributed by atoms with Crippen molar-refractivity contribution in [1.82, 2.24) is 10.3 Å². The molecule has 0 saturated carbocycles. The van der Waals surface area contributed by atoms with Gasteiger partial charge in [0.2, 0.25) is 5.88 Å². The Morgan fingerprint density at radius 3 is 2.62 bits per heavy atom. The van der Waals surface area contributed by atoms with Crippen molar-refractivity contribution >= 4 is 5.91 Å². The predicted octanol–water partition coefficient (Wildman–Crippen LogP) is 1.73. The van der Waals surface area contributed by atoms with Gasteiger partial charge in [-0.2, -0.15) is 0 Å². The van der Waals surface area contributed by atoms with Crippen molar-refractivity contribution < 1.29 is 19.4 Å². The Bertz CT molecular complexity index is 626. The summed E-state index contributed by atoms with van der Waals surface area (Å²) >= 11 is 0. The van der Waals surface area contributed by atoms with Gasteiger partial charge in [-0.05, 0) is 23.8 Å². The van der Waals surface area contributed by atoms with Crippen molar-refractivity contribution in [1.29, 1.82) is 0 Å². The number of carbonyl (C=O) groups excluding carboxylic acids is 1. The highest BCUT2D eigenvalue weighted by atomic mass is 16.5. The van der Waals surface area contributed by atoms with Gasteiger partial charge in [0.25, 0.3) is 5.91 Å². The first kappa shape index (κ1) is 14.6. The smallest absolute Gasteiger partial charge is 0.251 e. The van der Waals surface area contributed by atoms with Gasteiger partial charge < -0.3 is 19.9 Å². The second kappa shape index (κ2) is 6.60. The van der Waals surface area contributed by atoms with Gasteiger partial charge in [0.15, 0.2) is 11.5 Å². The molecule has 2 rings (SSSR count). The highest BCUT2D eigenvalue weighted by Crippen LogP contribution is 2.26. The fourth-order valence-electron chi connectivity index (χ4n) is 1.75. The van der Waals surface area contributed by atoms with Crippen molar-refractivity contribution in [2.45, 2.75) is 6.54 Å². The van der Waals surface area contributed by atoms with Gasteiger partial charge in [-0.15, -0.1) is 0 Å². The van der Waals surface area contributed by atoms with Crippen LogP contribution >= 0.6 is 0 Å². The van der Waals surface area contributed by atoms with E-state index in [1.54, 1.807) is 31.5 Å². The van der Waals surface area contributed by atoms with Crippen molar-refractivity contribution in [2.75, 3.05) is 14.2 Å². The molecule has 0 spiro atoms. The lowest BCUT2D eigenvalue weighted by Crippen LogP contribution is -2.22. The molecule has 0 saturated heterocycles. The Morgan fingerprint density at radius 1 is 1.24 bits per heavy atom. The van der Waals surface area contributed by atoms with Crippen molar-refractivity contribution in [3.63, 3.8) is 0 Å². The number of aromatic hydroxyl groups is 1. The number of amides is 1. The molecule has 0 radical (unpaired) electrons. The molecular weight excluding hydrogens is 272 g/mol. The summed E-state index contributed by atoms with van der Waals surface area (Å²) in [5.74, 6) is 0.482. The van der Waals surface area contributed by atoms with Crippen LogP contribution in [0.15, 0.2) is 36.5 Å². The molecule has 21 heavy (non-hydrogen) atoms. The lowest BCUT2D eigenvalue weighted by molar-refractivity contribution is 0.0950. The normalized spacial score (nSPS) is 10.0. The maximum absolute atomic E-state index is 12.0. The van der Waals surface area contributed by atoms with Gasteiger partial charge >= 0.3 is 0 Å². The molecule has 2 N–H and O–H groups in total. The zero-order valence-corrected chi connectivity index (χ0v) is 11.8. The van der Waals surface area contributed by atoms with E-state index in [9.17, 15) is 9.90 Å². The molecule has 2 aromatic rings. The molecule has 1 amide bonds. The fraction of sp³-hybridized carbons (Fsp3) is 0.200. The zero-order chi connectivity index (χ0) is 15.2. The number of ether oxygens (including phenoxy) is 2. The van der Waals surface area contributed by atoms with Crippen LogP contribution in [0.1, 0.15) is 15.9 Å². The summed E-state index contributed by atoms with van der Waals surface area (Å²) < 4.78 is 9.89. The molecule has 0 unspecified atom stereocenters. The van der Waals surface area contributed by atoms with Gasteiger partial charge in [0.1, 0.15) is 0 Å². The standard InChI is InChI=1S/C15H16N2O4/c1-20-13-5-4-11(7-12(13)18)15(19)17-9-10-3-6-14(21-2)16-8-10/h3-8,18H,9H2,1-2H3,(H,17,19). The third-order valence-corrected chi connectivity index (χ3v) is 2.90. The summed E-state index contributed by atoms with van der Waals surface area (Å²) in [7, 11) is 2.99. The summed E-state index contributed by atoms with van der Waals surface area (Å²) in [5.41, 5.74) is 1.21. The van der Waals surface area contributed by atoms with E-state index >= 15 is 0 Å². The van der Waals surface area contributed by atoms with Crippen LogP contribution in [-0.2, 0) is 6.54 Å². The molecule has 1 heterocycles. The molecule has 1 aromatic heterocycles. The summed E-state index contributed by atoms with van der Waals surface area (Å²) in [6.07, 6.45) is 1.63. The van der Waals surface area contributed by atoms with Crippen molar-refractivity contribution in [3.05, 3.63) is 47.7 Å². The zero-order valence-electron chi connectivity index (χ0n) is 11.8. The number of phenols is 1. The SMILES string of the molecule is COc1ccc(CNC(=O)c2ccc(OC)c(O)c2)cn1. The summed E-state index contributed by atoms with van der Waals surface area (Å²) in [4.78, 5) is 16.0. The number of phenolic OH excluding ortho intramolecular Hbond substituents is 1. The van der Waals surface area contributed by atoms with E-state index in [-0.39, 0.29) is 11.7 Å². The Balaban J connectivity index is 1.99. The minimum absolute atomic E-state index is 0.0729. The molecule has 6 nitrogen and oxygen atoms in total. The topological polar surface area (TPSA) is 80.7 Å². The molecule has 0 fully saturated rings. The van der Waals surface area contributed by atoms with E-state index in [2.05, 4.69) is 10.3 Å². The first-order valence-electron chi connectivity index (χ1n) is 6.28. The molecule has 0 aliphatic rings. The second-order valence-corrected chi connectivity index (χ2v) is 4.28. The number of pyridine rings is 1. The number of benzene rings is 1. The Hall–Kier alpha value is -2.76. The Kier molecular flexibility index (Phi) is 4.61. The van der Waals surface area contributed by atoms with Gasteiger partial charge in [-0.25, -0.2) is 4.98 Å². The number of hydrogen-bond acceptors (Lipinski definition) is 5. The van der Waals surface area contributed by atoms with Gasteiger partial charge in [0, 0.05) is 24.4 Å². The van der Waals surface area contributed by atoms with Crippen molar-refractivity contribution in [2.24, 2.45) is 0 Å². The second-order valence-electron chi connectivity index (χ2n) is 4.28. The van der Waals surface area contributed by atoms with Gasteiger partial charge in [-0.1, -0.05) is 6.07 Å². The quantitative estimate of drug-likeness (QED) is 0.876. The van der Waals surface area contributed by atoms with Crippen LogP contribution in [-0.4, -0.2) is 30.2 Å². The van der Waals surface area contributed by atoms with Crippen LogP contribution in [0.4, 0.5) is 0 Å². The van der Waals surface area contributed by atoms with Gasteiger partial charge in [0.05, 0.1) is 14.2 Å². The molecule has 0 aliphatic heterocycles. The monoisotopic (exact) mass is 288 g/mol. The lowest BCUT2D eigenvalue weighted by Gasteiger charge is -2.08. The fourth-order valence-corrected chi connectivity index (χ4v) is 1.75. The number of nitrogens with zero attached hydrogens (tertiary/aromatic N) is 1. The van der Waals surface area contributed by atoms with E-state index in [0.29, 0.717) is 23.7 Å². The minimum atomic E-state index is -0.288. The molecule has 0 aliphatic carbocycles. The highest BCUT2D eigenvalue weighted by Gasteiger charge is 2.09. The number of nitrogens with one attached hydrogen (secondary N) is 1. The number of rotatable bonds is 5. The highest BCUT2D eigenvalue weighted by molar-refractivity contribution is 5.94. The van der Waals surface area contributed by atoms with E-state index in [0.717, 1.165) is 5.56 Å². The van der Waals surface area contributed by atoms with Crippen LogP contribution in [0.3, 0.4) is 0 Å². The molecule has 1 aromatic carbocycles. The van der Waals surface area contributed by atoms with Crippen LogP contribution in [0.2, 0.25) is 0 Å². The van der Waals surface area contributed by atoms with Crippen LogP contribution in [0, 0.1) is 0 Å². The van der Waals surface area contributed by atoms with Gasteiger partial charge in [-0.3, -0.25) is 4.79 Å². The molecular formula is C15H16N2O4. The van der Waals surface area contributed by atoms with Crippen molar-refractivity contribution in [3.8, 4) is 17.4 Å². The number of hydrogen-bond donors (Lipinski definition) is 2. The average Bonchev–Trinajstić information content (AvgIpc) is 2.53. The largest absolute Gasteiger partial charge is 0.504 e. The Morgan fingerprint density at radius 2 is 2.05 bits per heavy atom. The number of methoxy groups -OCH3 is 2. The predicted molar refractivity (Wildman–Crippen MR) is 76.6 cm³/mol. The molecule has 0 atom stereocenters. The average molecular weight is 288 g/mol. The number of aromatic nitrogens is 1. The van der Waals surface area contributed by atoms with E-state index in [1.807, 2.05) is 6.07 Å². The summed E-state index contributed by atoms with van der Waals surface area (Å²) in [6, 6.07) is 8.03. The third-order valence-electron chi connectivity index (χ3n) is 2.90. The van der Waals surface area contributed by atoms with E-state index in [1.165, 1.54) is 13.2 Å². The minimum Gasteiger partial charge on any atom is -0.504 e. The maximum atomic E-state index is 12.0. The summed E-state index contributed by atoms with van der Waals surface area (Å²) in [6.45, 7) is 0.336. The number of carbonyl (C=O) groups is 1. The molecule has 6 heteroatoms. The summed E-state index contributed by atoms with van der Waals surface area (Å²) in [5, 5.41) is 12.4. The third kappa shape index (κ3) is 3.62. The van der Waals surface area contributed by atoms with E-state index < -0.39 is 0 Å². The van der Waals surface area contributed by atoms with Crippen LogP contribution in [0.5, 0.6) is 17.4 Å².